The lowest BCUT2D eigenvalue weighted by molar-refractivity contribution is -0.132. The van der Waals surface area contributed by atoms with Crippen molar-refractivity contribution in [2.24, 2.45) is 17.8 Å². The van der Waals surface area contributed by atoms with E-state index in [0.717, 1.165) is 30.7 Å². The van der Waals surface area contributed by atoms with Crippen molar-refractivity contribution in [3.05, 3.63) is 0 Å². The van der Waals surface area contributed by atoms with Crippen LogP contribution < -0.4 is 5.32 Å². The summed E-state index contributed by atoms with van der Waals surface area (Å²) in [5, 5.41) is 3.52. The van der Waals surface area contributed by atoms with Gasteiger partial charge in [0.2, 0.25) is 5.91 Å². The fraction of sp³-hybridized carbons (Fsp3) is 0.938. The molecular formula is C16H26N2O. The topological polar surface area (TPSA) is 32.3 Å². The Kier molecular flexibility index (Phi) is 2.87. The van der Waals surface area contributed by atoms with Gasteiger partial charge in [-0.25, -0.2) is 0 Å². The predicted octanol–water partition coefficient (Wildman–Crippen LogP) is 2.16. The van der Waals surface area contributed by atoms with Gasteiger partial charge in [-0.15, -0.1) is 0 Å². The van der Waals surface area contributed by atoms with E-state index in [1.165, 1.54) is 38.5 Å². The lowest BCUT2D eigenvalue weighted by atomic mass is 9.83. The molecule has 1 heterocycles. The molecule has 3 aliphatic carbocycles. The van der Waals surface area contributed by atoms with E-state index in [0.29, 0.717) is 18.0 Å². The normalized spacial score (nSPS) is 43.2. The molecule has 0 aromatic carbocycles. The van der Waals surface area contributed by atoms with Crippen molar-refractivity contribution in [2.75, 3.05) is 6.54 Å². The van der Waals surface area contributed by atoms with E-state index in [1.54, 1.807) is 0 Å². The number of fused-ring (bicyclic) bond motifs is 2. The van der Waals surface area contributed by atoms with Gasteiger partial charge < -0.3 is 10.2 Å². The first-order valence-electron chi connectivity index (χ1n) is 8.29. The van der Waals surface area contributed by atoms with Crippen LogP contribution in [0.2, 0.25) is 0 Å². The summed E-state index contributed by atoms with van der Waals surface area (Å²) in [5.41, 5.74) is 0. The zero-order valence-electron chi connectivity index (χ0n) is 12.0. The summed E-state index contributed by atoms with van der Waals surface area (Å²) in [6.07, 6.45) is 9.27. The molecule has 3 nitrogen and oxygen atoms in total. The average molecular weight is 262 g/mol. The summed E-state index contributed by atoms with van der Waals surface area (Å²) in [6.45, 7) is 3.29. The molecule has 5 unspecified atom stereocenters. The van der Waals surface area contributed by atoms with Gasteiger partial charge in [-0.1, -0.05) is 6.42 Å². The van der Waals surface area contributed by atoms with Gasteiger partial charge in [-0.2, -0.15) is 0 Å². The highest BCUT2D eigenvalue weighted by Crippen LogP contribution is 2.50. The zero-order chi connectivity index (χ0) is 13.0. The van der Waals surface area contributed by atoms with Crippen molar-refractivity contribution in [3.8, 4) is 0 Å². The standard InChI is InChI=1S/C16H26N2O/c1-10(14-9-11-2-3-12(14)8-11)18-7-6-15(16(18)19)17-13-4-5-13/h10-15,17H,2-9H2,1H3. The molecule has 3 saturated carbocycles. The number of nitrogens with one attached hydrogen (secondary N) is 1. The molecule has 1 N–H and O–H groups in total. The van der Waals surface area contributed by atoms with E-state index >= 15 is 0 Å². The minimum Gasteiger partial charge on any atom is -0.338 e. The highest BCUT2D eigenvalue weighted by Gasteiger charge is 2.46. The molecule has 4 fully saturated rings. The second-order valence-corrected chi connectivity index (χ2v) is 7.39. The van der Waals surface area contributed by atoms with Crippen molar-refractivity contribution in [1.82, 2.24) is 10.2 Å². The molecule has 1 saturated heterocycles. The summed E-state index contributed by atoms with van der Waals surface area (Å²) >= 11 is 0. The predicted molar refractivity (Wildman–Crippen MR) is 74.7 cm³/mol. The monoisotopic (exact) mass is 262 g/mol. The third-order valence-corrected chi connectivity index (χ3v) is 6.16. The van der Waals surface area contributed by atoms with Crippen LogP contribution in [0.15, 0.2) is 0 Å². The quantitative estimate of drug-likeness (QED) is 0.842. The summed E-state index contributed by atoms with van der Waals surface area (Å²) < 4.78 is 0. The molecule has 0 spiro atoms. The Morgan fingerprint density at radius 3 is 2.63 bits per heavy atom. The van der Waals surface area contributed by atoms with Crippen molar-refractivity contribution in [2.45, 2.75) is 70.0 Å². The number of rotatable bonds is 4. The van der Waals surface area contributed by atoms with Crippen LogP contribution >= 0.6 is 0 Å². The van der Waals surface area contributed by atoms with E-state index in [-0.39, 0.29) is 6.04 Å². The van der Waals surface area contributed by atoms with E-state index in [2.05, 4.69) is 17.1 Å². The second kappa shape index (κ2) is 4.47. The SMILES string of the molecule is CC(C1CC2CCC1C2)N1CCC(NC2CC2)C1=O. The van der Waals surface area contributed by atoms with Gasteiger partial charge in [0.05, 0.1) is 6.04 Å². The molecule has 0 aromatic rings. The Hall–Kier alpha value is -0.570. The minimum atomic E-state index is 0.133. The maximum absolute atomic E-state index is 12.5. The number of likely N-dealkylation sites (tertiary alicyclic amines) is 1. The molecule has 0 radical (unpaired) electrons. The largest absolute Gasteiger partial charge is 0.338 e. The number of nitrogens with zero attached hydrogens (tertiary/aromatic N) is 1. The van der Waals surface area contributed by atoms with E-state index in [1.807, 2.05) is 0 Å². The summed E-state index contributed by atoms with van der Waals surface area (Å²) in [4.78, 5) is 14.7. The van der Waals surface area contributed by atoms with Crippen LogP contribution in [0.1, 0.15) is 51.9 Å². The van der Waals surface area contributed by atoms with Gasteiger partial charge in [0.15, 0.2) is 0 Å². The Morgan fingerprint density at radius 2 is 2.00 bits per heavy atom. The van der Waals surface area contributed by atoms with Crippen molar-refractivity contribution >= 4 is 5.91 Å². The van der Waals surface area contributed by atoms with Crippen LogP contribution in [0.3, 0.4) is 0 Å². The molecule has 2 bridgehead atoms. The van der Waals surface area contributed by atoms with Gasteiger partial charge in [-0.05, 0) is 63.2 Å². The number of hydrogen-bond donors (Lipinski definition) is 1. The Morgan fingerprint density at radius 1 is 1.16 bits per heavy atom. The molecule has 106 valence electrons. The minimum absolute atomic E-state index is 0.133. The van der Waals surface area contributed by atoms with Crippen molar-refractivity contribution < 1.29 is 4.79 Å². The third-order valence-electron chi connectivity index (χ3n) is 6.16. The fourth-order valence-electron chi connectivity index (χ4n) is 4.91. The van der Waals surface area contributed by atoms with Crippen LogP contribution in [0.4, 0.5) is 0 Å². The number of amides is 1. The van der Waals surface area contributed by atoms with Crippen LogP contribution in [0.5, 0.6) is 0 Å². The molecule has 1 aliphatic heterocycles. The van der Waals surface area contributed by atoms with Gasteiger partial charge in [0, 0.05) is 18.6 Å². The lowest BCUT2D eigenvalue weighted by Crippen LogP contribution is -2.45. The highest BCUT2D eigenvalue weighted by molar-refractivity contribution is 5.84. The van der Waals surface area contributed by atoms with Crippen molar-refractivity contribution in [3.63, 3.8) is 0 Å². The maximum Gasteiger partial charge on any atom is 0.240 e. The van der Waals surface area contributed by atoms with Crippen LogP contribution in [0.25, 0.3) is 0 Å². The first-order valence-corrected chi connectivity index (χ1v) is 8.29. The Balaban J connectivity index is 1.40. The summed E-state index contributed by atoms with van der Waals surface area (Å²) in [6, 6.07) is 1.26. The average Bonchev–Trinajstić information content (AvgIpc) is 2.84. The van der Waals surface area contributed by atoms with E-state index < -0.39 is 0 Å². The van der Waals surface area contributed by atoms with Gasteiger partial charge in [-0.3, -0.25) is 4.79 Å². The molecule has 0 aromatic heterocycles. The van der Waals surface area contributed by atoms with Gasteiger partial charge in [0.25, 0.3) is 0 Å². The van der Waals surface area contributed by atoms with Gasteiger partial charge >= 0.3 is 0 Å². The molecule has 3 heteroatoms. The lowest BCUT2D eigenvalue weighted by Gasteiger charge is -2.34. The van der Waals surface area contributed by atoms with Crippen LogP contribution in [-0.4, -0.2) is 35.5 Å². The summed E-state index contributed by atoms with van der Waals surface area (Å²) in [7, 11) is 0. The fourth-order valence-corrected chi connectivity index (χ4v) is 4.91. The summed E-state index contributed by atoms with van der Waals surface area (Å²) in [5.74, 6) is 3.09. The number of hydrogen-bond acceptors (Lipinski definition) is 2. The zero-order valence-corrected chi connectivity index (χ0v) is 12.0. The Labute approximate surface area is 116 Å². The Bertz CT molecular complexity index is 379. The van der Waals surface area contributed by atoms with E-state index in [9.17, 15) is 4.79 Å². The molecule has 19 heavy (non-hydrogen) atoms. The molecule has 4 aliphatic rings. The molecule has 1 amide bonds. The first kappa shape index (κ1) is 12.2. The van der Waals surface area contributed by atoms with E-state index in [4.69, 9.17) is 0 Å². The molecule has 5 atom stereocenters. The molecular weight excluding hydrogens is 236 g/mol. The highest BCUT2D eigenvalue weighted by atomic mass is 16.2. The first-order chi connectivity index (χ1) is 9.22. The number of carbonyl (C=O) groups is 1. The van der Waals surface area contributed by atoms with Gasteiger partial charge in [0.1, 0.15) is 0 Å². The number of carbonyl (C=O) groups excluding carboxylic acids is 1. The third kappa shape index (κ3) is 2.10. The maximum atomic E-state index is 12.5. The smallest absolute Gasteiger partial charge is 0.240 e. The van der Waals surface area contributed by atoms with Crippen molar-refractivity contribution in [1.29, 1.82) is 0 Å². The van der Waals surface area contributed by atoms with Crippen LogP contribution in [0, 0.1) is 17.8 Å². The molecule has 4 rings (SSSR count). The van der Waals surface area contributed by atoms with Crippen LogP contribution in [-0.2, 0) is 4.79 Å². The second-order valence-electron chi connectivity index (χ2n) is 7.39.